The molecule has 0 radical (unpaired) electrons. The highest BCUT2D eigenvalue weighted by atomic mass is 32.2. The van der Waals surface area contributed by atoms with Gasteiger partial charge in [-0.1, -0.05) is 0 Å². The van der Waals surface area contributed by atoms with Crippen molar-refractivity contribution in [3.8, 4) is 0 Å². The number of hydrogen-bond acceptors (Lipinski definition) is 5. The molecule has 0 aromatic heterocycles. The van der Waals surface area contributed by atoms with E-state index in [0.717, 1.165) is 51.0 Å². The molecule has 2 fully saturated rings. The van der Waals surface area contributed by atoms with Gasteiger partial charge in [-0.2, -0.15) is 0 Å². The van der Waals surface area contributed by atoms with Gasteiger partial charge in [0.1, 0.15) is 0 Å². The molecule has 148 valence electrons. The van der Waals surface area contributed by atoms with Crippen LogP contribution >= 0.6 is 11.8 Å². The van der Waals surface area contributed by atoms with Crippen LogP contribution in [0.1, 0.15) is 25.7 Å². The number of carbonyl (C=O) groups excluding carboxylic acids is 2. The molecule has 0 bridgehead atoms. The van der Waals surface area contributed by atoms with Gasteiger partial charge < -0.3 is 16.0 Å². The maximum atomic E-state index is 12.3. The Bertz CT molecular complexity index is 631. The second-order valence-electron chi connectivity index (χ2n) is 7.41. The first-order valence-corrected chi connectivity index (χ1v) is 11.0. The van der Waals surface area contributed by atoms with Crippen molar-refractivity contribution in [3.63, 3.8) is 0 Å². The molecule has 2 atom stereocenters. The summed E-state index contributed by atoms with van der Waals surface area (Å²) >= 11 is 1.68. The van der Waals surface area contributed by atoms with Crippen molar-refractivity contribution >= 4 is 29.3 Å². The molecule has 2 saturated heterocycles. The third kappa shape index (κ3) is 6.23. The van der Waals surface area contributed by atoms with Gasteiger partial charge >= 0.3 is 0 Å². The summed E-state index contributed by atoms with van der Waals surface area (Å²) in [4.78, 5) is 27.9. The molecule has 1 aromatic rings. The van der Waals surface area contributed by atoms with Crippen molar-refractivity contribution in [2.75, 3.05) is 44.3 Å². The summed E-state index contributed by atoms with van der Waals surface area (Å²) in [5.74, 6) is 0.556. The maximum Gasteiger partial charge on any atom is 0.238 e. The van der Waals surface area contributed by atoms with Gasteiger partial charge in [-0.25, -0.2) is 0 Å². The molecule has 27 heavy (non-hydrogen) atoms. The van der Waals surface area contributed by atoms with Gasteiger partial charge in [-0.05, 0) is 75.2 Å². The minimum absolute atomic E-state index is 0.0201. The van der Waals surface area contributed by atoms with Gasteiger partial charge in [-0.3, -0.25) is 14.5 Å². The molecular formula is C20H30N4O2S. The quantitative estimate of drug-likeness (QED) is 0.621. The molecule has 2 amide bonds. The molecule has 7 heteroatoms. The third-order valence-corrected chi connectivity index (χ3v) is 6.03. The molecular weight excluding hydrogens is 360 g/mol. The van der Waals surface area contributed by atoms with Gasteiger partial charge in [-0.15, -0.1) is 11.8 Å². The standard InChI is InChI=1S/C20H30N4O2S/c1-27-17-8-6-16(7-9-17)23-19(25)14-24-11-3-4-15(13-24)12-22-20(26)18-5-2-10-21-18/h6-9,15,18,21H,2-5,10-14H2,1H3,(H,22,26)(H,23,25). The summed E-state index contributed by atoms with van der Waals surface area (Å²) in [7, 11) is 0. The largest absolute Gasteiger partial charge is 0.354 e. The van der Waals surface area contributed by atoms with Crippen LogP contribution in [0.2, 0.25) is 0 Å². The minimum atomic E-state index is -0.0204. The van der Waals surface area contributed by atoms with E-state index in [0.29, 0.717) is 19.0 Å². The molecule has 0 saturated carbocycles. The zero-order valence-corrected chi connectivity index (χ0v) is 16.8. The molecule has 0 spiro atoms. The van der Waals surface area contributed by atoms with E-state index in [1.165, 1.54) is 4.90 Å². The van der Waals surface area contributed by atoms with Crippen LogP contribution < -0.4 is 16.0 Å². The van der Waals surface area contributed by atoms with E-state index in [4.69, 9.17) is 0 Å². The Morgan fingerprint density at radius 3 is 2.74 bits per heavy atom. The van der Waals surface area contributed by atoms with Crippen LogP contribution in [0.4, 0.5) is 5.69 Å². The fraction of sp³-hybridized carbons (Fsp3) is 0.600. The van der Waals surface area contributed by atoms with Crippen molar-refractivity contribution in [3.05, 3.63) is 24.3 Å². The molecule has 0 aliphatic carbocycles. The summed E-state index contributed by atoms with van der Waals surface area (Å²) < 4.78 is 0. The van der Waals surface area contributed by atoms with Gasteiger partial charge in [0.15, 0.2) is 0 Å². The highest BCUT2D eigenvalue weighted by molar-refractivity contribution is 7.98. The minimum Gasteiger partial charge on any atom is -0.354 e. The maximum absolute atomic E-state index is 12.3. The number of likely N-dealkylation sites (tertiary alicyclic amines) is 1. The van der Waals surface area contributed by atoms with E-state index in [-0.39, 0.29) is 17.9 Å². The lowest BCUT2D eigenvalue weighted by Crippen LogP contribution is -2.46. The number of rotatable bonds is 7. The highest BCUT2D eigenvalue weighted by Gasteiger charge is 2.25. The lowest BCUT2D eigenvalue weighted by molar-refractivity contribution is -0.123. The number of anilines is 1. The fourth-order valence-corrected chi connectivity index (χ4v) is 4.22. The first-order chi connectivity index (χ1) is 13.1. The number of thioether (sulfide) groups is 1. The number of hydrogen-bond donors (Lipinski definition) is 3. The van der Waals surface area contributed by atoms with E-state index in [2.05, 4.69) is 20.9 Å². The lowest BCUT2D eigenvalue weighted by atomic mass is 9.98. The van der Waals surface area contributed by atoms with Gasteiger partial charge in [0.2, 0.25) is 11.8 Å². The van der Waals surface area contributed by atoms with Crippen LogP contribution in [0.5, 0.6) is 0 Å². The molecule has 2 unspecified atom stereocenters. The van der Waals surface area contributed by atoms with Crippen LogP contribution in [0.25, 0.3) is 0 Å². The number of nitrogens with zero attached hydrogens (tertiary/aromatic N) is 1. The van der Waals surface area contributed by atoms with Crippen LogP contribution in [-0.2, 0) is 9.59 Å². The molecule has 2 heterocycles. The van der Waals surface area contributed by atoms with Crippen molar-refractivity contribution in [2.24, 2.45) is 5.92 Å². The van der Waals surface area contributed by atoms with Gasteiger partial charge in [0, 0.05) is 23.7 Å². The summed E-state index contributed by atoms with van der Waals surface area (Å²) in [5.41, 5.74) is 0.836. The van der Waals surface area contributed by atoms with E-state index in [1.807, 2.05) is 30.5 Å². The van der Waals surface area contributed by atoms with Crippen molar-refractivity contribution in [1.29, 1.82) is 0 Å². The Labute approximate surface area is 165 Å². The number of benzene rings is 1. The summed E-state index contributed by atoms with van der Waals surface area (Å²) in [5, 5.41) is 9.30. The normalized spacial score (nSPS) is 23.1. The van der Waals surface area contributed by atoms with Crippen molar-refractivity contribution in [2.45, 2.75) is 36.6 Å². The number of nitrogens with one attached hydrogen (secondary N) is 3. The van der Waals surface area contributed by atoms with E-state index in [1.54, 1.807) is 11.8 Å². The fourth-order valence-electron chi connectivity index (χ4n) is 3.82. The van der Waals surface area contributed by atoms with Gasteiger partial charge in [0.25, 0.3) is 0 Å². The third-order valence-electron chi connectivity index (χ3n) is 5.29. The Balaban J connectivity index is 1.40. The molecule has 2 aliphatic rings. The van der Waals surface area contributed by atoms with E-state index in [9.17, 15) is 9.59 Å². The second-order valence-corrected chi connectivity index (χ2v) is 8.29. The lowest BCUT2D eigenvalue weighted by Gasteiger charge is -2.32. The van der Waals surface area contributed by atoms with E-state index >= 15 is 0 Å². The summed E-state index contributed by atoms with van der Waals surface area (Å²) in [6, 6.07) is 7.89. The Kier molecular flexibility index (Phi) is 7.55. The number of amides is 2. The Morgan fingerprint density at radius 1 is 1.22 bits per heavy atom. The SMILES string of the molecule is CSc1ccc(NC(=O)CN2CCCC(CNC(=O)C3CCCN3)C2)cc1. The van der Waals surface area contributed by atoms with Crippen LogP contribution in [-0.4, -0.2) is 61.7 Å². The average molecular weight is 391 g/mol. The van der Waals surface area contributed by atoms with Crippen LogP contribution in [0.15, 0.2) is 29.2 Å². The zero-order chi connectivity index (χ0) is 19.1. The van der Waals surface area contributed by atoms with Crippen LogP contribution in [0, 0.1) is 5.92 Å². The predicted octanol–water partition coefficient (Wildman–Crippen LogP) is 1.93. The Morgan fingerprint density at radius 2 is 2.04 bits per heavy atom. The van der Waals surface area contributed by atoms with E-state index < -0.39 is 0 Å². The smallest absolute Gasteiger partial charge is 0.238 e. The first-order valence-electron chi connectivity index (χ1n) is 9.81. The summed E-state index contributed by atoms with van der Waals surface area (Å²) in [6.45, 7) is 3.83. The first kappa shape index (κ1) is 20.2. The van der Waals surface area contributed by atoms with Gasteiger partial charge in [0.05, 0.1) is 12.6 Å². The Hall–Kier alpha value is -1.57. The molecule has 1 aromatic carbocycles. The average Bonchev–Trinajstić information content (AvgIpc) is 3.22. The monoisotopic (exact) mass is 390 g/mol. The number of carbonyl (C=O) groups is 2. The van der Waals surface area contributed by atoms with Crippen molar-refractivity contribution in [1.82, 2.24) is 15.5 Å². The molecule has 3 rings (SSSR count). The molecule has 3 N–H and O–H groups in total. The number of piperidine rings is 1. The summed E-state index contributed by atoms with van der Waals surface area (Å²) in [6.07, 6.45) is 6.21. The molecule has 2 aliphatic heterocycles. The topological polar surface area (TPSA) is 73.5 Å². The zero-order valence-electron chi connectivity index (χ0n) is 16.0. The highest BCUT2D eigenvalue weighted by Crippen LogP contribution is 2.18. The van der Waals surface area contributed by atoms with Crippen LogP contribution in [0.3, 0.4) is 0 Å². The predicted molar refractivity (Wildman–Crippen MR) is 110 cm³/mol. The second kappa shape index (κ2) is 10.1. The van der Waals surface area contributed by atoms with Crippen molar-refractivity contribution < 1.29 is 9.59 Å². The molecule has 6 nitrogen and oxygen atoms in total.